The zero-order chi connectivity index (χ0) is 20.0. The van der Waals surface area contributed by atoms with E-state index < -0.39 is 0 Å². The second-order valence-corrected chi connectivity index (χ2v) is 8.50. The summed E-state index contributed by atoms with van der Waals surface area (Å²) in [6.45, 7) is 6.62. The van der Waals surface area contributed by atoms with Crippen molar-refractivity contribution >= 4 is 0 Å². The Balaban J connectivity index is 1.75. The molecule has 0 atom stereocenters. The van der Waals surface area contributed by atoms with Crippen LogP contribution < -0.4 is 4.74 Å². The van der Waals surface area contributed by atoms with Crippen molar-refractivity contribution in [2.75, 3.05) is 0 Å². The standard InChI is InChI=1S/C27H23NO/c1-27(2,3)18-15-16-23(28-17-18)22-12-8-14-25-26(22)21-11-5-4-9-19(21)20-10-6-7-13-24(20)29-25/h4-17H,1-3H3. The van der Waals surface area contributed by atoms with Crippen LogP contribution in [-0.2, 0) is 5.41 Å². The van der Waals surface area contributed by atoms with Gasteiger partial charge in [0.05, 0.1) is 5.69 Å². The third-order valence-corrected chi connectivity index (χ3v) is 5.53. The van der Waals surface area contributed by atoms with E-state index in [4.69, 9.17) is 9.72 Å². The molecular formula is C27H23NO. The number of pyridine rings is 1. The molecule has 1 aromatic heterocycles. The quantitative estimate of drug-likeness (QED) is 0.302. The number of benzene rings is 3. The zero-order valence-electron chi connectivity index (χ0n) is 16.9. The molecule has 0 saturated heterocycles. The highest BCUT2D eigenvalue weighted by molar-refractivity contribution is 5.96. The van der Waals surface area contributed by atoms with E-state index >= 15 is 0 Å². The molecule has 29 heavy (non-hydrogen) atoms. The number of nitrogens with zero attached hydrogens (tertiary/aromatic N) is 1. The Morgan fingerprint density at radius 3 is 2.00 bits per heavy atom. The minimum absolute atomic E-state index is 0.0798. The van der Waals surface area contributed by atoms with Gasteiger partial charge in [0.15, 0.2) is 0 Å². The fourth-order valence-corrected chi connectivity index (χ4v) is 3.94. The molecule has 0 unspecified atom stereocenters. The summed E-state index contributed by atoms with van der Waals surface area (Å²) in [5.41, 5.74) is 7.91. The molecule has 142 valence electrons. The second-order valence-electron chi connectivity index (χ2n) is 8.50. The molecule has 0 saturated carbocycles. The van der Waals surface area contributed by atoms with Crippen molar-refractivity contribution in [3.8, 4) is 45.0 Å². The topological polar surface area (TPSA) is 22.1 Å². The molecule has 4 aromatic rings. The molecule has 5 rings (SSSR count). The minimum atomic E-state index is 0.0798. The van der Waals surface area contributed by atoms with Gasteiger partial charge in [0, 0.05) is 22.9 Å². The minimum Gasteiger partial charge on any atom is -0.456 e. The number of hydrogen-bond acceptors (Lipinski definition) is 2. The van der Waals surface area contributed by atoms with Gasteiger partial charge in [-0.05, 0) is 40.3 Å². The maximum Gasteiger partial charge on any atom is 0.135 e. The first-order chi connectivity index (χ1) is 14.0. The Morgan fingerprint density at radius 1 is 0.621 bits per heavy atom. The van der Waals surface area contributed by atoms with Gasteiger partial charge in [-0.1, -0.05) is 81.4 Å². The van der Waals surface area contributed by atoms with E-state index in [-0.39, 0.29) is 5.41 Å². The Bertz CT molecular complexity index is 1200. The lowest BCUT2D eigenvalue weighted by molar-refractivity contribution is 0.488. The van der Waals surface area contributed by atoms with E-state index in [9.17, 15) is 0 Å². The van der Waals surface area contributed by atoms with Crippen LogP contribution in [0.5, 0.6) is 11.5 Å². The Hall–Kier alpha value is -3.39. The van der Waals surface area contributed by atoms with Crippen molar-refractivity contribution in [1.82, 2.24) is 4.98 Å². The van der Waals surface area contributed by atoms with Crippen molar-refractivity contribution in [1.29, 1.82) is 0 Å². The van der Waals surface area contributed by atoms with E-state index in [0.717, 1.165) is 33.9 Å². The van der Waals surface area contributed by atoms with E-state index in [2.05, 4.69) is 75.4 Å². The number of hydrogen-bond donors (Lipinski definition) is 0. The highest BCUT2D eigenvalue weighted by atomic mass is 16.5. The van der Waals surface area contributed by atoms with Crippen LogP contribution in [0.2, 0.25) is 0 Å². The lowest BCUT2D eigenvalue weighted by Crippen LogP contribution is -2.11. The molecule has 0 amide bonds. The Kier molecular flexibility index (Phi) is 4.02. The van der Waals surface area contributed by atoms with Crippen LogP contribution in [0.1, 0.15) is 26.3 Å². The lowest BCUT2D eigenvalue weighted by Gasteiger charge is -2.19. The van der Waals surface area contributed by atoms with Crippen LogP contribution in [0.25, 0.3) is 33.5 Å². The third-order valence-electron chi connectivity index (χ3n) is 5.53. The van der Waals surface area contributed by atoms with Crippen molar-refractivity contribution in [3.05, 3.63) is 90.6 Å². The first-order valence-corrected chi connectivity index (χ1v) is 9.99. The number of rotatable bonds is 1. The van der Waals surface area contributed by atoms with Gasteiger partial charge in [0.1, 0.15) is 11.5 Å². The summed E-state index contributed by atoms with van der Waals surface area (Å²) >= 11 is 0. The van der Waals surface area contributed by atoms with Gasteiger partial charge < -0.3 is 4.74 Å². The summed E-state index contributed by atoms with van der Waals surface area (Å²) in [4.78, 5) is 4.82. The van der Waals surface area contributed by atoms with Crippen LogP contribution in [0, 0.1) is 0 Å². The summed E-state index contributed by atoms with van der Waals surface area (Å²) < 4.78 is 6.40. The van der Waals surface area contributed by atoms with Crippen molar-refractivity contribution in [2.45, 2.75) is 26.2 Å². The molecule has 2 heteroatoms. The number of ether oxygens (including phenoxy) is 1. The van der Waals surface area contributed by atoms with Crippen molar-refractivity contribution < 1.29 is 4.74 Å². The molecule has 0 radical (unpaired) electrons. The van der Waals surface area contributed by atoms with Crippen LogP contribution in [0.4, 0.5) is 0 Å². The largest absolute Gasteiger partial charge is 0.456 e. The number of fused-ring (bicyclic) bond motifs is 5. The van der Waals surface area contributed by atoms with E-state index in [0.29, 0.717) is 0 Å². The molecule has 2 heterocycles. The van der Waals surface area contributed by atoms with Gasteiger partial charge in [-0.3, -0.25) is 4.98 Å². The molecule has 0 fully saturated rings. The van der Waals surface area contributed by atoms with Crippen LogP contribution in [0.3, 0.4) is 0 Å². The summed E-state index contributed by atoms with van der Waals surface area (Å²) in [5, 5.41) is 0. The molecule has 1 aliphatic heterocycles. The molecule has 0 spiro atoms. The summed E-state index contributed by atoms with van der Waals surface area (Å²) in [6, 6.07) is 27.3. The maximum atomic E-state index is 6.40. The van der Waals surface area contributed by atoms with E-state index in [1.54, 1.807) is 0 Å². The predicted molar refractivity (Wildman–Crippen MR) is 119 cm³/mol. The van der Waals surface area contributed by atoms with Gasteiger partial charge in [0.2, 0.25) is 0 Å². The van der Waals surface area contributed by atoms with Crippen LogP contribution >= 0.6 is 0 Å². The molecule has 1 aliphatic rings. The summed E-state index contributed by atoms with van der Waals surface area (Å²) in [5.74, 6) is 1.74. The Labute approximate surface area is 171 Å². The highest BCUT2D eigenvalue weighted by Gasteiger charge is 2.23. The molecular weight excluding hydrogens is 354 g/mol. The van der Waals surface area contributed by atoms with Gasteiger partial charge in [-0.25, -0.2) is 0 Å². The maximum absolute atomic E-state index is 6.40. The first kappa shape index (κ1) is 17.7. The molecule has 0 aliphatic carbocycles. The van der Waals surface area contributed by atoms with E-state index in [1.165, 1.54) is 16.7 Å². The molecule has 2 nitrogen and oxygen atoms in total. The molecule has 3 aromatic carbocycles. The monoisotopic (exact) mass is 377 g/mol. The summed E-state index contributed by atoms with van der Waals surface area (Å²) in [6.07, 6.45) is 1.99. The zero-order valence-corrected chi connectivity index (χ0v) is 16.9. The van der Waals surface area contributed by atoms with E-state index in [1.807, 2.05) is 30.5 Å². The van der Waals surface area contributed by atoms with Gasteiger partial charge in [-0.2, -0.15) is 0 Å². The highest BCUT2D eigenvalue weighted by Crippen LogP contribution is 2.49. The van der Waals surface area contributed by atoms with Gasteiger partial charge in [-0.15, -0.1) is 0 Å². The van der Waals surface area contributed by atoms with Crippen LogP contribution in [-0.4, -0.2) is 4.98 Å². The number of para-hydroxylation sites is 1. The normalized spacial score (nSPS) is 12.2. The lowest BCUT2D eigenvalue weighted by atomic mass is 9.87. The fraction of sp³-hybridized carbons (Fsp3) is 0.148. The second kappa shape index (κ2) is 6.59. The molecule has 0 bridgehead atoms. The third kappa shape index (κ3) is 3.01. The first-order valence-electron chi connectivity index (χ1n) is 9.99. The van der Waals surface area contributed by atoms with Crippen molar-refractivity contribution in [3.63, 3.8) is 0 Å². The van der Waals surface area contributed by atoms with Crippen LogP contribution in [0.15, 0.2) is 85.1 Å². The van der Waals surface area contributed by atoms with Gasteiger partial charge >= 0.3 is 0 Å². The SMILES string of the molecule is CC(C)(C)c1ccc(-c2cccc3c2-c2ccccc2-c2ccccc2O3)nc1. The van der Waals surface area contributed by atoms with Gasteiger partial charge in [0.25, 0.3) is 0 Å². The smallest absolute Gasteiger partial charge is 0.135 e. The average molecular weight is 377 g/mol. The molecule has 0 N–H and O–H groups in total. The van der Waals surface area contributed by atoms with Crippen molar-refractivity contribution in [2.24, 2.45) is 0 Å². The summed E-state index contributed by atoms with van der Waals surface area (Å²) in [7, 11) is 0. The predicted octanol–water partition coefficient (Wildman–Crippen LogP) is 7.49. The Morgan fingerprint density at radius 2 is 1.28 bits per heavy atom. The fourth-order valence-electron chi connectivity index (χ4n) is 3.94. The number of aromatic nitrogens is 1. The average Bonchev–Trinajstić information content (AvgIpc) is 2.88.